The van der Waals surface area contributed by atoms with Gasteiger partial charge in [-0.05, 0) is 75.8 Å². The van der Waals surface area contributed by atoms with Crippen molar-refractivity contribution in [2.24, 2.45) is 10.7 Å². The number of amides is 1. The zero-order valence-electron chi connectivity index (χ0n) is 17.4. The average Bonchev–Trinajstić information content (AvgIpc) is 2.62. The van der Waals surface area contributed by atoms with Crippen LogP contribution in [0, 0.1) is 0 Å². The Bertz CT molecular complexity index is 732. The molecule has 1 aliphatic heterocycles. The number of rotatable bonds is 4. The first-order valence-electron chi connectivity index (χ1n) is 9.69. The van der Waals surface area contributed by atoms with Gasteiger partial charge in [-0.25, -0.2) is 4.79 Å². The van der Waals surface area contributed by atoms with Crippen LogP contribution in [0.25, 0.3) is 0 Å². The topological polar surface area (TPSA) is 89.2 Å². The van der Waals surface area contributed by atoms with Gasteiger partial charge >= 0.3 is 6.09 Å². The zero-order valence-corrected chi connectivity index (χ0v) is 19.1. The molecule has 0 radical (unpaired) electrons. The number of nitrogens with one attached hydrogen (secondary N) is 1. The molecule has 160 valence electrons. The largest absolute Gasteiger partial charge is 0.489 e. The van der Waals surface area contributed by atoms with Crippen molar-refractivity contribution < 1.29 is 14.3 Å². The van der Waals surface area contributed by atoms with Gasteiger partial charge in [-0.2, -0.15) is 4.99 Å². The summed E-state index contributed by atoms with van der Waals surface area (Å²) in [5.41, 5.74) is 6.07. The van der Waals surface area contributed by atoms with Crippen molar-refractivity contribution in [1.82, 2.24) is 4.90 Å². The molecule has 3 N–H and O–H groups in total. The number of aliphatic imine (C=N–C) groups is 1. The van der Waals surface area contributed by atoms with Gasteiger partial charge in [0.15, 0.2) is 10.3 Å². The quantitative estimate of drug-likeness (QED) is 0.413. The van der Waals surface area contributed by atoms with E-state index in [1.807, 2.05) is 52.0 Å². The molecule has 0 bridgehead atoms. The number of hydrogen-bond acceptors (Lipinski definition) is 5. The maximum absolute atomic E-state index is 12.3. The third-order valence-electron chi connectivity index (χ3n) is 3.94. The summed E-state index contributed by atoms with van der Waals surface area (Å²) in [6.07, 6.45) is 1.42. The predicted molar refractivity (Wildman–Crippen MR) is 124 cm³/mol. The highest BCUT2D eigenvalue weighted by atomic mass is 32.2. The van der Waals surface area contributed by atoms with Crippen LogP contribution in [0.3, 0.4) is 0 Å². The summed E-state index contributed by atoms with van der Waals surface area (Å²) in [6.45, 7) is 8.81. The molecule has 0 spiro atoms. The summed E-state index contributed by atoms with van der Waals surface area (Å²) in [6, 6.07) is 7.47. The Morgan fingerprint density at radius 3 is 2.69 bits per heavy atom. The molecule has 29 heavy (non-hydrogen) atoms. The summed E-state index contributed by atoms with van der Waals surface area (Å²) >= 11 is 6.63. The first-order valence-corrected chi connectivity index (χ1v) is 11.1. The number of thioether (sulfide) groups is 1. The van der Waals surface area contributed by atoms with Crippen molar-refractivity contribution in [3.05, 3.63) is 24.3 Å². The van der Waals surface area contributed by atoms with Crippen LogP contribution in [0.2, 0.25) is 0 Å². The minimum absolute atomic E-state index is 0.0633. The Balaban J connectivity index is 1.88. The highest BCUT2D eigenvalue weighted by Gasteiger charge is 2.28. The number of amidine groups is 1. The number of carbonyl (C=O) groups is 1. The van der Waals surface area contributed by atoms with Crippen LogP contribution in [-0.4, -0.2) is 51.8 Å². The van der Waals surface area contributed by atoms with E-state index in [9.17, 15) is 4.79 Å². The number of nitrogens with zero attached hydrogens (tertiary/aromatic N) is 2. The van der Waals surface area contributed by atoms with Crippen molar-refractivity contribution in [3.63, 3.8) is 0 Å². The van der Waals surface area contributed by atoms with Gasteiger partial charge in [0.1, 0.15) is 17.5 Å². The number of nitrogens with two attached hydrogens (primary N) is 1. The summed E-state index contributed by atoms with van der Waals surface area (Å²) in [5.74, 6) is 1.58. The first-order chi connectivity index (χ1) is 13.7. The number of ether oxygens (including phenoxy) is 2. The van der Waals surface area contributed by atoms with E-state index in [2.05, 4.69) is 10.3 Å². The number of likely N-dealkylation sites (tertiary alicyclic amines) is 1. The highest BCUT2D eigenvalue weighted by Crippen LogP contribution is 2.22. The molecule has 1 saturated heterocycles. The van der Waals surface area contributed by atoms with E-state index in [0.29, 0.717) is 23.4 Å². The molecular formula is C20H30N4O3S2. The number of carbonyl (C=O) groups excluding carboxylic acids is 1. The molecule has 0 aromatic heterocycles. The molecule has 1 aromatic rings. The molecule has 2 rings (SSSR count). The molecule has 1 aliphatic rings. The lowest BCUT2D eigenvalue weighted by Gasteiger charge is -2.34. The maximum Gasteiger partial charge on any atom is 0.410 e. The Labute approximate surface area is 182 Å². The van der Waals surface area contributed by atoms with Gasteiger partial charge in [0, 0.05) is 12.2 Å². The van der Waals surface area contributed by atoms with Gasteiger partial charge < -0.3 is 25.4 Å². The molecule has 1 amide bonds. The number of anilines is 1. The third-order valence-corrected chi connectivity index (χ3v) is 4.81. The van der Waals surface area contributed by atoms with Crippen LogP contribution in [0.1, 0.15) is 40.5 Å². The van der Waals surface area contributed by atoms with E-state index in [1.54, 1.807) is 4.90 Å². The van der Waals surface area contributed by atoms with E-state index < -0.39 is 5.60 Å². The van der Waals surface area contributed by atoms with Gasteiger partial charge in [0.05, 0.1) is 6.54 Å². The van der Waals surface area contributed by atoms with Crippen LogP contribution in [0.5, 0.6) is 5.75 Å². The van der Waals surface area contributed by atoms with Gasteiger partial charge in [-0.3, -0.25) is 0 Å². The summed E-state index contributed by atoms with van der Waals surface area (Å²) in [7, 11) is 0. The van der Waals surface area contributed by atoms with Crippen LogP contribution in [0.15, 0.2) is 29.3 Å². The second kappa shape index (κ2) is 10.7. The Morgan fingerprint density at radius 2 is 2.07 bits per heavy atom. The second-order valence-electron chi connectivity index (χ2n) is 7.65. The lowest BCUT2D eigenvalue weighted by molar-refractivity contribution is 0.00776. The fourth-order valence-electron chi connectivity index (χ4n) is 2.77. The molecule has 1 atom stereocenters. The maximum atomic E-state index is 12.3. The summed E-state index contributed by atoms with van der Waals surface area (Å²) in [4.78, 5) is 18.1. The first kappa shape index (κ1) is 23.3. The van der Waals surface area contributed by atoms with Crippen LogP contribution in [0.4, 0.5) is 10.5 Å². The van der Waals surface area contributed by atoms with E-state index >= 15 is 0 Å². The lowest BCUT2D eigenvalue weighted by atomic mass is 10.1. The lowest BCUT2D eigenvalue weighted by Crippen LogP contribution is -2.46. The number of thiocarbonyl (C=S) groups is 1. The second-order valence-corrected chi connectivity index (χ2v) is 9.32. The minimum Gasteiger partial charge on any atom is -0.489 e. The van der Waals surface area contributed by atoms with Crippen molar-refractivity contribution in [3.8, 4) is 5.75 Å². The van der Waals surface area contributed by atoms with E-state index in [4.69, 9.17) is 27.4 Å². The van der Waals surface area contributed by atoms with E-state index in [1.165, 1.54) is 11.8 Å². The zero-order chi connectivity index (χ0) is 21.4. The standard InChI is InChI=1S/C20H30N4O3S2/c1-5-29-17(21)23-18(28)22-14-8-10-15(11-9-14)26-16-7-6-12-24(13-16)19(25)27-20(2,3)4/h8-11,16H,5-7,12-13H2,1-4H3,(H3,21,22,23,28). The minimum atomic E-state index is -0.502. The third kappa shape index (κ3) is 8.49. The van der Waals surface area contributed by atoms with Crippen molar-refractivity contribution in [2.75, 3.05) is 24.2 Å². The molecule has 9 heteroatoms. The smallest absolute Gasteiger partial charge is 0.410 e. The monoisotopic (exact) mass is 438 g/mol. The fourth-order valence-corrected chi connectivity index (χ4v) is 3.49. The Morgan fingerprint density at radius 1 is 1.38 bits per heavy atom. The van der Waals surface area contributed by atoms with Crippen LogP contribution >= 0.6 is 24.0 Å². The van der Waals surface area contributed by atoms with Crippen molar-refractivity contribution in [1.29, 1.82) is 0 Å². The Kier molecular flexibility index (Phi) is 8.58. The molecule has 1 aromatic carbocycles. The molecular weight excluding hydrogens is 408 g/mol. The number of benzene rings is 1. The number of hydrogen-bond donors (Lipinski definition) is 2. The molecule has 0 saturated carbocycles. The predicted octanol–water partition coefficient (Wildman–Crippen LogP) is 4.23. The average molecular weight is 439 g/mol. The normalized spacial score (nSPS) is 17.6. The molecule has 7 nitrogen and oxygen atoms in total. The highest BCUT2D eigenvalue weighted by molar-refractivity contribution is 8.13. The van der Waals surface area contributed by atoms with Crippen molar-refractivity contribution in [2.45, 2.75) is 52.2 Å². The van der Waals surface area contributed by atoms with Gasteiger partial charge in [-0.1, -0.05) is 18.7 Å². The summed E-state index contributed by atoms with van der Waals surface area (Å²) < 4.78 is 11.5. The molecule has 1 heterocycles. The van der Waals surface area contributed by atoms with E-state index in [0.717, 1.165) is 30.0 Å². The van der Waals surface area contributed by atoms with Crippen LogP contribution in [-0.2, 0) is 4.74 Å². The van der Waals surface area contributed by atoms with Gasteiger partial charge in [-0.15, -0.1) is 0 Å². The van der Waals surface area contributed by atoms with E-state index in [-0.39, 0.29) is 12.2 Å². The SMILES string of the molecule is CCS/C(N)=N/C(=S)Nc1ccc(OC2CCCN(C(=O)OC(C)(C)C)C2)cc1. The molecule has 0 aliphatic carbocycles. The molecule has 1 fully saturated rings. The number of piperidine rings is 1. The summed E-state index contributed by atoms with van der Waals surface area (Å²) in [5, 5.41) is 3.79. The van der Waals surface area contributed by atoms with Gasteiger partial charge in [0.25, 0.3) is 0 Å². The molecule has 1 unspecified atom stereocenters. The Hall–Kier alpha value is -2.00. The fraction of sp³-hybridized carbons (Fsp3) is 0.550. The van der Waals surface area contributed by atoms with Crippen molar-refractivity contribution >= 4 is 46.0 Å². The van der Waals surface area contributed by atoms with Gasteiger partial charge in [0.2, 0.25) is 0 Å². The van der Waals surface area contributed by atoms with Crippen LogP contribution < -0.4 is 15.8 Å².